The number of aliphatic carboxylic acids is 1. The number of carbonyl (C=O) groups is 2. The van der Waals surface area contributed by atoms with Crippen LogP contribution in [0.2, 0.25) is 0 Å². The number of rotatable bonds is 2. The molecule has 148 valence electrons. The predicted molar refractivity (Wildman–Crippen MR) is 112 cm³/mol. The lowest BCUT2D eigenvalue weighted by Crippen LogP contribution is -2.19. The van der Waals surface area contributed by atoms with E-state index in [9.17, 15) is 14.7 Å². The fourth-order valence-electron chi connectivity index (χ4n) is 4.07. The highest BCUT2D eigenvalue weighted by molar-refractivity contribution is 6.22. The first kappa shape index (κ1) is 19.0. The normalized spacial score (nSPS) is 19.6. The molecule has 0 radical (unpaired) electrons. The molecule has 4 rings (SSSR count). The molecule has 2 heterocycles. The second kappa shape index (κ2) is 7.59. The van der Waals surface area contributed by atoms with Crippen molar-refractivity contribution >= 4 is 17.3 Å². The Morgan fingerprint density at radius 2 is 1.93 bits per heavy atom. The summed E-state index contributed by atoms with van der Waals surface area (Å²) >= 11 is 0. The van der Waals surface area contributed by atoms with Crippen LogP contribution in [-0.4, -0.2) is 30.0 Å². The summed E-state index contributed by atoms with van der Waals surface area (Å²) in [5.41, 5.74) is 7.09. The molecule has 0 atom stereocenters. The molecule has 0 unspecified atom stereocenters. The van der Waals surface area contributed by atoms with Crippen LogP contribution < -0.4 is 10.1 Å². The van der Waals surface area contributed by atoms with Gasteiger partial charge < -0.3 is 15.2 Å². The minimum absolute atomic E-state index is 0.254. The Balaban J connectivity index is 1.92. The molecule has 0 fully saturated rings. The van der Waals surface area contributed by atoms with Crippen molar-refractivity contribution < 1.29 is 19.4 Å². The number of fused-ring (bicyclic) bond motifs is 3. The molecule has 2 aliphatic heterocycles. The topological polar surface area (TPSA) is 75.6 Å². The molecule has 0 bridgehead atoms. The van der Waals surface area contributed by atoms with Crippen LogP contribution in [0.4, 0.5) is 0 Å². The second-order valence-electron chi connectivity index (χ2n) is 7.48. The summed E-state index contributed by atoms with van der Waals surface area (Å²) in [6, 6.07) is 10.4. The largest absolute Gasteiger partial charge is 0.492 e. The highest BCUT2D eigenvalue weighted by Crippen LogP contribution is 2.42. The molecule has 29 heavy (non-hydrogen) atoms. The second-order valence-corrected chi connectivity index (χ2v) is 7.48. The maximum Gasteiger partial charge on any atom is 0.341 e. The molecule has 0 saturated carbocycles. The monoisotopic (exact) mass is 389 g/mol. The first-order valence-corrected chi connectivity index (χ1v) is 9.74. The number of carbonyl (C=O) groups excluding carboxylic acids is 1. The van der Waals surface area contributed by atoms with Crippen molar-refractivity contribution in [1.82, 2.24) is 5.32 Å². The van der Waals surface area contributed by atoms with Crippen molar-refractivity contribution in [3.05, 3.63) is 70.4 Å². The van der Waals surface area contributed by atoms with E-state index in [4.69, 9.17) is 4.74 Å². The Labute approximate surface area is 169 Å². The van der Waals surface area contributed by atoms with Gasteiger partial charge in [0.25, 0.3) is 0 Å². The lowest BCUT2D eigenvalue weighted by Gasteiger charge is -2.19. The van der Waals surface area contributed by atoms with E-state index in [-0.39, 0.29) is 5.57 Å². The van der Waals surface area contributed by atoms with Gasteiger partial charge in [-0.25, -0.2) is 4.79 Å². The summed E-state index contributed by atoms with van der Waals surface area (Å²) in [6.45, 7) is 5.11. The van der Waals surface area contributed by atoms with Crippen molar-refractivity contribution in [3.8, 4) is 16.9 Å². The van der Waals surface area contributed by atoms with Gasteiger partial charge in [0.15, 0.2) is 5.78 Å². The van der Waals surface area contributed by atoms with Crippen molar-refractivity contribution in [2.75, 3.05) is 13.2 Å². The van der Waals surface area contributed by atoms with E-state index < -0.39 is 11.8 Å². The molecule has 0 saturated heterocycles. The summed E-state index contributed by atoms with van der Waals surface area (Å²) in [4.78, 5) is 24.0. The number of carboxylic acids is 1. The summed E-state index contributed by atoms with van der Waals surface area (Å²) in [6.07, 6.45) is 4.28. The molecule has 5 heteroatoms. The van der Waals surface area contributed by atoms with Crippen molar-refractivity contribution in [3.63, 3.8) is 0 Å². The van der Waals surface area contributed by atoms with E-state index in [1.54, 1.807) is 0 Å². The molecule has 0 aliphatic carbocycles. The maximum absolute atomic E-state index is 12.5. The van der Waals surface area contributed by atoms with Gasteiger partial charge in [-0.1, -0.05) is 29.8 Å². The molecule has 5 nitrogen and oxygen atoms in total. The van der Waals surface area contributed by atoms with Gasteiger partial charge in [-0.3, -0.25) is 4.79 Å². The van der Waals surface area contributed by atoms with Gasteiger partial charge in [-0.2, -0.15) is 0 Å². The van der Waals surface area contributed by atoms with Crippen LogP contribution in [0.5, 0.6) is 5.75 Å². The lowest BCUT2D eigenvalue weighted by atomic mass is 9.87. The van der Waals surface area contributed by atoms with Crippen LogP contribution in [0.3, 0.4) is 0 Å². The summed E-state index contributed by atoms with van der Waals surface area (Å²) < 4.78 is 6.03. The number of ether oxygens (including phenoxy) is 1. The van der Waals surface area contributed by atoms with Crippen LogP contribution in [0.25, 0.3) is 16.7 Å². The fraction of sp³-hybridized carbons (Fsp3) is 0.250. The highest BCUT2D eigenvalue weighted by atomic mass is 16.5. The first-order valence-electron chi connectivity index (χ1n) is 9.74. The van der Waals surface area contributed by atoms with Gasteiger partial charge in [-0.05, 0) is 54.7 Å². The molecule has 2 N–H and O–H groups in total. The maximum atomic E-state index is 12.5. The van der Waals surface area contributed by atoms with E-state index in [1.165, 1.54) is 17.8 Å². The van der Waals surface area contributed by atoms with Crippen molar-refractivity contribution in [1.29, 1.82) is 0 Å². The zero-order valence-corrected chi connectivity index (χ0v) is 16.5. The number of ketones is 1. The van der Waals surface area contributed by atoms with Crippen LogP contribution in [0, 0.1) is 6.92 Å². The Kier molecular flexibility index (Phi) is 4.97. The highest BCUT2D eigenvalue weighted by Gasteiger charge is 2.26. The SMILES string of the molecule is C/C1=C\C(=O)/C(C(=O)O)=C\NCCc2c1cc(-c1cccc(C)c1)c1c2CCO1. The number of carboxylic acid groups (broad SMARTS) is 1. The first-order chi connectivity index (χ1) is 14.0. The minimum atomic E-state index is -1.23. The molecule has 2 aromatic carbocycles. The standard InChI is InChI=1S/C24H23NO4/c1-14-4-3-5-16(10-14)20-12-19-15(2)11-22(26)21(24(27)28)13-25-8-6-17(19)18-7-9-29-23(18)20/h3-5,10-13,25H,6-9H2,1-2H3,(H,27,28)/b15-11+,21-13+. The third-order valence-corrected chi connectivity index (χ3v) is 5.46. The smallest absolute Gasteiger partial charge is 0.341 e. The molecule has 2 aliphatic rings. The Morgan fingerprint density at radius 3 is 2.69 bits per heavy atom. The van der Waals surface area contributed by atoms with Gasteiger partial charge in [0.05, 0.1) is 6.61 Å². The number of hydrogen-bond donors (Lipinski definition) is 2. The third-order valence-electron chi connectivity index (χ3n) is 5.46. The summed E-state index contributed by atoms with van der Waals surface area (Å²) in [5, 5.41) is 12.3. The lowest BCUT2D eigenvalue weighted by molar-refractivity contribution is -0.134. The van der Waals surface area contributed by atoms with Gasteiger partial charge in [0.1, 0.15) is 11.3 Å². The molecular weight excluding hydrogens is 366 g/mol. The summed E-state index contributed by atoms with van der Waals surface area (Å²) in [5.74, 6) is -0.813. The van der Waals surface area contributed by atoms with Crippen LogP contribution in [-0.2, 0) is 22.4 Å². The Hall–Kier alpha value is -3.34. The average molecular weight is 389 g/mol. The van der Waals surface area contributed by atoms with Crippen molar-refractivity contribution in [2.24, 2.45) is 0 Å². The van der Waals surface area contributed by atoms with Crippen LogP contribution in [0.1, 0.15) is 29.2 Å². The zero-order valence-electron chi connectivity index (χ0n) is 16.5. The van der Waals surface area contributed by atoms with Gasteiger partial charge in [0, 0.05) is 30.3 Å². The number of nitrogens with one attached hydrogen (secondary N) is 1. The van der Waals surface area contributed by atoms with Crippen molar-refractivity contribution in [2.45, 2.75) is 26.7 Å². The fourth-order valence-corrected chi connectivity index (χ4v) is 4.07. The van der Waals surface area contributed by atoms with E-state index in [0.717, 1.165) is 52.0 Å². The Morgan fingerprint density at radius 1 is 1.10 bits per heavy atom. The summed E-state index contributed by atoms with van der Waals surface area (Å²) in [7, 11) is 0. The van der Waals surface area contributed by atoms with Gasteiger partial charge >= 0.3 is 5.97 Å². The molecule has 0 aromatic heterocycles. The molecular formula is C24H23NO4. The molecule has 0 spiro atoms. The number of aryl methyl sites for hydroxylation is 1. The van der Waals surface area contributed by atoms with Gasteiger partial charge in [0.2, 0.25) is 0 Å². The minimum Gasteiger partial charge on any atom is -0.492 e. The number of allylic oxidation sites excluding steroid dienone is 2. The Bertz CT molecular complexity index is 1080. The number of hydrogen-bond acceptors (Lipinski definition) is 4. The number of benzene rings is 2. The molecule has 2 aromatic rings. The van der Waals surface area contributed by atoms with Crippen LogP contribution >= 0.6 is 0 Å². The third kappa shape index (κ3) is 3.56. The van der Waals surface area contributed by atoms with Crippen LogP contribution in [0.15, 0.2) is 48.2 Å². The zero-order chi connectivity index (χ0) is 20.5. The van der Waals surface area contributed by atoms with E-state index in [1.807, 2.05) is 13.0 Å². The average Bonchev–Trinajstić information content (AvgIpc) is 3.16. The molecule has 0 amide bonds. The van der Waals surface area contributed by atoms with E-state index in [0.29, 0.717) is 13.2 Å². The van der Waals surface area contributed by atoms with Gasteiger partial charge in [-0.15, -0.1) is 0 Å². The van der Waals surface area contributed by atoms with E-state index in [2.05, 4.69) is 36.5 Å². The van der Waals surface area contributed by atoms with E-state index >= 15 is 0 Å². The predicted octanol–water partition coefficient (Wildman–Crippen LogP) is 3.68. The quantitative estimate of drug-likeness (QED) is 0.767.